The van der Waals surface area contributed by atoms with Gasteiger partial charge in [0.1, 0.15) is 0 Å². The molecule has 1 saturated heterocycles. The molecular weight excluding hydrogens is 310 g/mol. The predicted molar refractivity (Wildman–Crippen MR) is 95.0 cm³/mol. The van der Waals surface area contributed by atoms with Gasteiger partial charge in [-0.15, -0.1) is 11.3 Å². The number of likely N-dealkylation sites (tertiary alicyclic amines) is 1. The molecule has 0 bridgehead atoms. The lowest BCUT2D eigenvalue weighted by atomic mass is 9.90. The van der Waals surface area contributed by atoms with E-state index in [4.69, 9.17) is 4.74 Å². The Bertz CT molecular complexity index is 520. The van der Waals surface area contributed by atoms with Gasteiger partial charge in [0.25, 0.3) is 0 Å². The molecule has 6 heteroatoms. The molecule has 2 amide bonds. The predicted octanol–water partition coefficient (Wildman–Crippen LogP) is 2.56. The highest BCUT2D eigenvalue weighted by molar-refractivity contribution is 7.11. The summed E-state index contributed by atoms with van der Waals surface area (Å²) < 4.78 is 5.15. The van der Waals surface area contributed by atoms with Crippen LogP contribution in [0, 0.1) is 12.3 Å². The lowest BCUT2D eigenvalue weighted by Crippen LogP contribution is -2.45. The molecule has 23 heavy (non-hydrogen) atoms. The Balaban J connectivity index is 1.90. The van der Waals surface area contributed by atoms with Crippen molar-refractivity contribution in [2.45, 2.75) is 26.8 Å². The number of nitrogens with zero attached hydrogens (tertiary/aromatic N) is 2. The van der Waals surface area contributed by atoms with Crippen LogP contribution in [-0.4, -0.2) is 62.8 Å². The van der Waals surface area contributed by atoms with E-state index in [1.807, 2.05) is 4.90 Å². The average Bonchev–Trinajstić information content (AvgIpc) is 3.07. The Morgan fingerprint density at radius 2 is 2.30 bits per heavy atom. The molecule has 0 saturated carbocycles. The second kappa shape index (κ2) is 8.13. The number of aryl methyl sites for hydroxylation is 1. The number of nitrogens with one attached hydrogen (secondary N) is 1. The van der Waals surface area contributed by atoms with Gasteiger partial charge in [-0.3, -0.25) is 0 Å². The third kappa shape index (κ3) is 5.48. The highest BCUT2D eigenvalue weighted by Gasteiger charge is 2.32. The van der Waals surface area contributed by atoms with Crippen LogP contribution >= 0.6 is 11.3 Å². The second-order valence-electron chi connectivity index (χ2n) is 6.88. The van der Waals surface area contributed by atoms with E-state index in [-0.39, 0.29) is 11.4 Å². The minimum atomic E-state index is 0.00359. The molecular formula is C17H29N3O2S. The van der Waals surface area contributed by atoms with Crippen LogP contribution in [-0.2, 0) is 11.3 Å². The number of hydrogen-bond donors (Lipinski definition) is 1. The lowest BCUT2D eigenvalue weighted by Gasteiger charge is -2.27. The Morgan fingerprint density at radius 3 is 2.87 bits per heavy atom. The third-order valence-electron chi connectivity index (χ3n) is 4.41. The molecule has 130 valence electrons. The van der Waals surface area contributed by atoms with Crippen LogP contribution in [0.25, 0.3) is 0 Å². The maximum atomic E-state index is 12.6. The normalized spacial score (nSPS) is 21.6. The van der Waals surface area contributed by atoms with Crippen molar-refractivity contribution in [2.75, 3.05) is 46.9 Å². The highest BCUT2D eigenvalue weighted by Crippen LogP contribution is 2.28. The summed E-state index contributed by atoms with van der Waals surface area (Å²) in [6, 6.07) is 4.20. The smallest absolute Gasteiger partial charge is 0.317 e. The van der Waals surface area contributed by atoms with Crippen molar-refractivity contribution in [1.82, 2.24) is 15.1 Å². The molecule has 1 N–H and O–H groups in total. The summed E-state index contributed by atoms with van der Waals surface area (Å²) in [4.78, 5) is 19.2. The number of hydrogen-bond acceptors (Lipinski definition) is 4. The van der Waals surface area contributed by atoms with Crippen LogP contribution < -0.4 is 5.32 Å². The largest absolute Gasteiger partial charge is 0.383 e. The number of rotatable bonds is 7. The maximum absolute atomic E-state index is 12.6. The molecule has 0 spiro atoms. The van der Waals surface area contributed by atoms with Crippen LogP contribution in [0.2, 0.25) is 0 Å². The molecule has 2 heterocycles. The summed E-state index contributed by atoms with van der Waals surface area (Å²) >= 11 is 1.74. The highest BCUT2D eigenvalue weighted by atomic mass is 32.1. The van der Waals surface area contributed by atoms with Gasteiger partial charge in [0, 0.05) is 36.5 Å². The summed E-state index contributed by atoms with van der Waals surface area (Å²) in [6.45, 7) is 9.01. The van der Waals surface area contributed by atoms with E-state index in [0.29, 0.717) is 19.7 Å². The Hall–Kier alpha value is -1.11. The molecule has 1 atom stereocenters. The Morgan fingerprint density at radius 1 is 1.52 bits per heavy atom. The number of ether oxygens (including phenoxy) is 1. The zero-order valence-corrected chi connectivity index (χ0v) is 15.5. The van der Waals surface area contributed by atoms with Crippen molar-refractivity contribution >= 4 is 17.4 Å². The summed E-state index contributed by atoms with van der Waals surface area (Å²) in [7, 11) is 3.80. The molecule has 2 rings (SSSR count). The van der Waals surface area contributed by atoms with E-state index in [1.54, 1.807) is 18.4 Å². The molecule has 0 aromatic carbocycles. The number of thiophene rings is 1. The van der Waals surface area contributed by atoms with E-state index in [1.165, 1.54) is 9.75 Å². The molecule has 1 aliphatic heterocycles. The number of urea groups is 1. The van der Waals surface area contributed by atoms with Crippen molar-refractivity contribution in [1.29, 1.82) is 0 Å². The van der Waals surface area contributed by atoms with Gasteiger partial charge in [-0.05, 0) is 44.5 Å². The van der Waals surface area contributed by atoms with Crippen molar-refractivity contribution in [3.63, 3.8) is 0 Å². The van der Waals surface area contributed by atoms with Gasteiger partial charge in [0.05, 0.1) is 13.2 Å². The van der Waals surface area contributed by atoms with Crippen LogP contribution in [0.3, 0.4) is 0 Å². The van der Waals surface area contributed by atoms with Crippen molar-refractivity contribution in [3.8, 4) is 0 Å². The first-order valence-electron chi connectivity index (χ1n) is 8.17. The van der Waals surface area contributed by atoms with Crippen molar-refractivity contribution < 1.29 is 9.53 Å². The Labute approximate surface area is 143 Å². The summed E-state index contributed by atoms with van der Waals surface area (Å²) in [5.74, 6) is 0. The van der Waals surface area contributed by atoms with Crippen LogP contribution in [0.1, 0.15) is 23.1 Å². The molecule has 0 unspecified atom stereocenters. The molecule has 1 aromatic rings. The van der Waals surface area contributed by atoms with Gasteiger partial charge in [0.15, 0.2) is 0 Å². The van der Waals surface area contributed by atoms with E-state index in [2.05, 4.69) is 43.2 Å². The van der Waals surface area contributed by atoms with Crippen LogP contribution in [0.4, 0.5) is 4.79 Å². The molecule has 0 radical (unpaired) electrons. The number of methoxy groups -OCH3 is 1. The Kier molecular flexibility index (Phi) is 6.44. The number of amides is 2. The van der Waals surface area contributed by atoms with E-state index < -0.39 is 0 Å². The first kappa shape index (κ1) is 18.2. The molecule has 5 nitrogen and oxygen atoms in total. The maximum Gasteiger partial charge on any atom is 0.317 e. The quantitative estimate of drug-likeness (QED) is 0.830. The average molecular weight is 340 g/mol. The summed E-state index contributed by atoms with van der Waals surface area (Å²) in [5, 5.41) is 3.13. The molecule has 1 aliphatic rings. The van der Waals surface area contributed by atoms with Gasteiger partial charge >= 0.3 is 6.03 Å². The topological polar surface area (TPSA) is 44.8 Å². The van der Waals surface area contributed by atoms with E-state index in [0.717, 1.165) is 26.1 Å². The minimum Gasteiger partial charge on any atom is -0.383 e. The van der Waals surface area contributed by atoms with Crippen LogP contribution in [0.15, 0.2) is 12.1 Å². The fraction of sp³-hybridized carbons (Fsp3) is 0.706. The second-order valence-corrected chi connectivity index (χ2v) is 8.26. The van der Waals surface area contributed by atoms with E-state index >= 15 is 0 Å². The van der Waals surface area contributed by atoms with Crippen molar-refractivity contribution in [2.24, 2.45) is 5.41 Å². The monoisotopic (exact) mass is 339 g/mol. The molecule has 1 fully saturated rings. The minimum absolute atomic E-state index is 0.00359. The fourth-order valence-corrected chi connectivity index (χ4v) is 3.93. The SMILES string of the molecule is COCCN(Cc1ccc(C)s1)C(=O)NC[C@@]1(C)CCN(C)C1. The number of carbonyl (C=O) groups is 1. The first-order valence-corrected chi connectivity index (χ1v) is 8.99. The van der Waals surface area contributed by atoms with Crippen molar-refractivity contribution in [3.05, 3.63) is 21.9 Å². The van der Waals surface area contributed by atoms with Crippen LogP contribution in [0.5, 0.6) is 0 Å². The van der Waals surface area contributed by atoms with Gasteiger partial charge in [-0.25, -0.2) is 4.79 Å². The van der Waals surface area contributed by atoms with Gasteiger partial charge in [-0.1, -0.05) is 6.92 Å². The molecule has 0 aliphatic carbocycles. The standard InChI is InChI=1S/C17H29N3O2S/c1-14-5-6-15(23-14)11-20(9-10-22-4)16(21)18-12-17(2)7-8-19(3)13-17/h5-6H,7-13H2,1-4H3,(H,18,21)/t17-/m1/s1. The first-order chi connectivity index (χ1) is 10.9. The molecule has 1 aromatic heterocycles. The van der Waals surface area contributed by atoms with Gasteiger partial charge < -0.3 is 19.9 Å². The zero-order valence-electron chi connectivity index (χ0n) is 14.7. The van der Waals surface area contributed by atoms with Gasteiger partial charge in [-0.2, -0.15) is 0 Å². The van der Waals surface area contributed by atoms with Gasteiger partial charge in [0.2, 0.25) is 0 Å². The zero-order chi connectivity index (χ0) is 16.9. The third-order valence-corrected chi connectivity index (χ3v) is 5.40. The van der Waals surface area contributed by atoms with E-state index in [9.17, 15) is 4.79 Å². The summed E-state index contributed by atoms with van der Waals surface area (Å²) in [5.41, 5.74) is 0.177. The summed E-state index contributed by atoms with van der Waals surface area (Å²) in [6.07, 6.45) is 1.13. The fourth-order valence-electron chi connectivity index (χ4n) is 3.03. The lowest BCUT2D eigenvalue weighted by molar-refractivity contribution is 0.144. The number of carbonyl (C=O) groups excluding carboxylic acids is 1.